The number of likely N-dealkylation sites (N-methyl/N-ethyl adjacent to an activating group) is 1. The van der Waals surface area contributed by atoms with E-state index in [1.807, 2.05) is 36.4 Å². The van der Waals surface area contributed by atoms with Crippen molar-refractivity contribution in [1.29, 1.82) is 5.26 Å². The van der Waals surface area contributed by atoms with Crippen molar-refractivity contribution in [1.82, 2.24) is 9.62 Å². The lowest BCUT2D eigenvalue weighted by molar-refractivity contribution is -0.122. The SMILES string of the molecule is CC(C)CC(NC(=O)CN(C)S(=O)(=O)c1ccc(C#N)cc1)c1ccccc1. The van der Waals surface area contributed by atoms with E-state index >= 15 is 0 Å². The number of sulfonamides is 1. The van der Waals surface area contributed by atoms with Gasteiger partial charge >= 0.3 is 0 Å². The van der Waals surface area contributed by atoms with Gasteiger partial charge in [-0.25, -0.2) is 8.42 Å². The van der Waals surface area contributed by atoms with E-state index in [1.54, 1.807) is 0 Å². The van der Waals surface area contributed by atoms with E-state index in [1.165, 1.54) is 31.3 Å². The van der Waals surface area contributed by atoms with Crippen molar-refractivity contribution in [2.24, 2.45) is 5.92 Å². The Morgan fingerprint density at radius 1 is 1.11 bits per heavy atom. The Morgan fingerprint density at radius 3 is 2.25 bits per heavy atom. The van der Waals surface area contributed by atoms with E-state index < -0.39 is 10.0 Å². The molecule has 0 heterocycles. The van der Waals surface area contributed by atoms with Gasteiger partial charge in [0.2, 0.25) is 15.9 Å². The molecule has 0 radical (unpaired) electrons. The number of nitrogens with zero attached hydrogens (tertiary/aromatic N) is 2. The van der Waals surface area contributed by atoms with Gasteiger partial charge in [0.15, 0.2) is 0 Å². The van der Waals surface area contributed by atoms with Crippen LogP contribution < -0.4 is 5.32 Å². The van der Waals surface area contributed by atoms with E-state index in [-0.39, 0.29) is 23.4 Å². The number of carbonyl (C=O) groups is 1. The van der Waals surface area contributed by atoms with E-state index in [0.717, 1.165) is 16.3 Å². The Bertz CT molecular complexity index is 933. The fourth-order valence-corrected chi connectivity index (χ4v) is 3.97. The van der Waals surface area contributed by atoms with Gasteiger partial charge in [-0.2, -0.15) is 9.57 Å². The number of nitriles is 1. The molecule has 0 saturated carbocycles. The van der Waals surface area contributed by atoms with Gasteiger partial charge in [0.1, 0.15) is 0 Å². The van der Waals surface area contributed by atoms with Crippen molar-refractivity contribution in [3.63, 3.8) is 0 Å². The zero-order valence-corrected chi connectivity index (χ0v) is 17.1. The van der Waals surface area contributed by atoms with Crippen LogP contribution >= 0.6 is 0 Å². The summed E-state index contributed by atoms with van der Waals surface area (Å²) in [6.45, 7) is 3.86. The molecule has 148 valence electrons. The number of benzene rings is 2. The molecule has 7 heteroatoms. The molecule has 28 heavy (non-hydrogen) atoms. The second-order valence-corrected chi connectivity index (χ2v) is 9.10. The molecule has 0 bridgehead atoms. The van der Waals surface area contributed by atoms with Crippen LogP contribution in [0.15, 0.2) is 59.5 Å². The molecule has 0 spiro atoms. The molecular weight excluding hydrogens is 374 g/mol. The highest BCUT2D eigenvalue weighted by Crippen LogP contribution is 2.21. The number of carbonyl (C=O) groups excluding carboxylic acids is 1. The molecule has 1 N–H and O–H groups in total. The molecule has 2 rings (SSSR count). The summed E-state index contributed by atoms with van der Waals surface area (Å²) in [6, 6.07) is 17.0. The lowest BCUT2D eigenvalue weighted by Crippen LogP contribution is -2.40. The fourth-order valence-electron chi connectivity index (χ4n) is 2.84. The highest BCUT2D eigenvalue weighted by molar-refractivity contribution is 7.89. The van der Waals surface area contributed by atoms with Gasteiger partial charge in [0.05, 0.1) is 29.1 Å². The summed E-state index contributed by atoms with van der Waals surface area (Å²) in [7, 11) is -2.45. The highest BCUT2D eigenvalue weighted by Gasteiger charge is 2.24. The first-order valence-electron chi connectivity index (χ1n) is 9.05. The molecule has 2 aromatic carbocycles. The maximum atomic E-state index is 12.7. The minimum absolute atomic E-state index is 0.0450. The Kier molecular flexibility index (Phi) is 7.32. The lowest BCUT2D eigenvalue weighted by atomic mass is 9.97. The third kappa shape index (κ3) is 5.65. The molecular formula is C21H25N3O3S. The molecule has 0 aliphatic rings. The highest BCUT2D eigenvalue weighted by atomic mass is 32.2. The van der Waals surface area contributed by atoms with Gasteiger partial charge in [0.25, 0.3) is 0 Å². The summed E-state index contributed by atoms with van der Waals surface area (Å²) >= 11 is 0. The standard InChI is InChI=1S/C21H25N3O3S/c1-16(2)13-20(18-7-5-4-6-8-18)23-21(25)15-24(3)28(26,27)19-11-9-17(14-22)10-12-19/h4-12,16,20H,13,15H2,1-3H3,(H,23,25). The van der Waals surface area contributed by atoms with Crippen LogP contribution in [0.1, 0.15) is 37.4 Å². The van der Waals surface area contributed by atoms with Gasteiger partial charge in [0, 0.05) is 7.05 Å². The molecule has 1 unspecified atom stereocenters. The second kappa shape index (κ2) is 9.49. The quantitative estimate of drug-likeness (QED) is 0.738. The first kappa shape index (κ1) is 21.6. The number of hydrogen-bond donors (Lipinski definition) is 1. The second-order valence-electron chi connectivity index (χ2n) is 7.06. The van der Waals surface area contributed by atoms with Crippen LogP contribution in [0.5, 0.6) is 0 Å². The number of hydrogen-bond acceptors (Lipinski definition) is 4. The Balaban J connectivity index is 2.10. The summed E-state index contributed by atoms with van der Waals surface area (Å²) < 4.78 is 26.3. The number of amides is 1. The van der Waals surface area contributed by atoms with Crippen LogP contribution in [0.2, 0.25) is 0 Å². The third-order valence-corrected chi connectivity index (χ3v) is 6.12. The lowest BCUT2D eigenvalue weighted by Gasteiger charge is -2.23. The molecule has 1 amide bonds. The maximum Gasteiger partial charge on any atom is 0.243 e. The van der Waals surface area contributed by atoms with Gasteiger partial charge in [-0.15, -0.1) is 0 Å². The zero-order valence-electron chi connectivity index (χ0n) is 16.3. The van der Waals surface area contributed by atoms with Crippen molar-refractivity contribution in [2.45, 2.75) is 31.2 Å². The average molecular weight is 400 g/mol. The maximum absolute atomic E-state index is 12.7. The van der Waals surface area contributed by atoms with Crippen LogP contribution in [0.25, 0.3) is 0 Å². The molecule has 0 fully saturated rings. The van der Waals surface area contributed by atoms with Crippen molar-refractivity contribution in [3.8, 4) is 6.07 Å². The Labute approximate surface area is 166 Å². The first-order valence-corrected chi connectivity index (χ1v) is 10.5. The topological polar surface area (TPSA) is 90.3 Å². The fraction of sp³-hybridized carbons (Fsp3) is 0.333. The van der Waals surface area contributed by atoms with Crippen LogP contribution in [-0.2, 0) is 14.8 Å². The van der Waals surface area contributed by atoms with Gasteiger partial charge in [-0.3, -0.25) is 4.79 Å². The Morgan fingerprint density at radius 2 is 1.71 bits per heavy atom. The van der Waals surface area contributed by atoms with Crippen molar-refractivity contribution in [2.75, 3.05) is 13.6 Å². The van der Waals surface area contributed by atoms with E-state index in [0.29, 0.717) is 11.5 Å². The minimum Gasteiger partial charge on any atom is -0.348 e. The molecule has 1 atom stereocenters. The van der Waals surface area contributed by atoms with E-state index in [4.69, 9.17) is 5.26 Å². The smallest absolute Gasteiger partial charge is 0.243 e. The van der Waals surface area contributed by atoms with Gasteiger partial charge < -0.3 is 5.32 Å². The van der Waals surface area contributed by atoms with Crippen LogP contribution in [-0.4, -0.2) is 32.2 Å². The third-order valence-electron chi connectivity index (χ3n) is 4.30. The van der Waals surface area contributed by atoms with Crippen molar-refractivity contribution >= 4 is 15.9 Å². The average Bonchev–Trinajstić information content (AvgIpc) is 2.67. The minimum atomic E-state index is -3.82. The van der Waals surface area contributed by atoms with Crippen LogP contribution in [0, 0.1) is 17.2 Å². The zero-order chi connectivity index (χ0) is 20.7. The predicted molar refractivity (Wildman–Crippen MR) is 108 cm³/mol. The van der Waals surface area contributed by atoms with Crippen LogP contribution in [0.4, 0.5) is 0 Å². The summed E-state index contributed by atoms with van der Waals surface area (Å²) in [5.74, 6) is -0.000148. The summed E-state index contributed by atoms with van der Waals surface area (Å²) in [4.78, 5) is 12.6. The van der Waals surface area contributed by atoms with Gasteiger partial charge in [-0.1, -0.05) is 44.2 Å². The summed E-state index contributed by atoms with van der Waals surface area (Å²) in [6.07, 6.45) is 0.752. The molecule has 0 aliphatic heterocycles. The first-order chi connectivity index (χ1) is 13.2. The monoisotopic (exact) mass is 399 g/mol. The normalized spacial score (nSPS) is 12.6. The van der Waals surface area contributed by atoms with Crippen LogP contribution in [0.3, 0.4) is 0 Å². The van der Waals surface area contributed by atoms with Crippen molar-refractivity contribution in [3.05, 3.63) is 65.7 Å². The predicted octanol–water partition coefficient (Wildman–Crippen LogP) is 3.08. The number of nitrogens with one attached hydrogen (secondary N) is 1. The molecule has 0 aromatic heterocycles. The molecule has 0 saturated heterocycles. The Hall–Kier alpha value is -2.69. The van der Waals surface area contributed by atoms with E-state index in [2.05, 4.69) is 19.2 Å². The summed E-state index contributed by atoms with van der Waals surface area (Å²) in [5, 5.41) is 11.8. The van der Waals surface area contributed by atoms with Crippen molar-refractivity contribution < 1.29 is 13.2 Å². The van der Waals surface area contributed by atoms with Gasteiger partial charge in [-0.05, 0) is 42.2 Å². The van der Waals surface area contributed by atoms with E-state index in [9.17, 15) is 13.2 Å². The number of rotatable bonds is 8. The molecule has 0 aliphatic carbocycles. The molecule has 6 nitrogen and oxygen atoms in total. The summed E-state index contributed by atoms with van der Waals surface area (Å²) in [5.41, 5.74) is 1.36. The largest absolute Gasteiger partial charge is 0.348 e. The molecule has 2 aromatic rings.